The molecule has 3 aliphatic rings. The summed E-state index contributed by atoms with van der Waals surface area (Å²) in [6.45, 7) is 3.72. The van der Waals surface area contributed by atoms with Crippen molar-refractivity contribution < 1.29 is 28.9 Å². The summed E-state index contributed by atoms with van der Waals surface area (Å²) >= 11 is 0. The van der Waals surface area contributed by atoms with Gasteiger partial charge in [0.1, 0.15) is 0 Å². The highest BCUT2D eigenvalue weighted by Gasteiger charge is 2.35. The normalized spacial score (nSPS) is 17.0. The highest BCUT2D eigenvalue weighted by molar-refractivity contribution is 6.26. The van der Waals surface area contributed by atoms with Crippen LogP contribution in [-0.2, 0) is 4.79 Å². The van der Waals surface area contributed by atoms with Crippen LogP contribution in [0.2, 0.25) is 0 Å². The monoisotopic (exact) mass is 575 g/mol. The Kier molecular flexibility index (Phi) is 6.74. The van der Waals surface area contributed by atoms with E-state index in [-0.39, 0.29) is 42.5 Å². The molecule has 0 atom stereocenters. The molecule has 3 aliphatic heterocycles. The largest absolute Gasteiger partial charge is 0.331 e. The molecule has 216 valence electrons. The van der Waals surface area contributed by atoms with E-state index in [2.05, 4.69) is 0 Å². The van der Waals surface area contributed by atoms with E-state index in [1.54, 1.807) is 24.3 Å². The zero-order valence-electron chi connectivity index (χ0n) is 23.7. The van der Waals surface area contributed by atoms with Crippen LogP contribution >= 0.6 is 0 Å². The average Bonchev–Trinajstić information content (AvgIpc) is 3.04. The van der Waals surface area contributed by atoms with E-state index >= 15 is 0 Å². The van der Waals surface area contributed by atoms with Gasteiger partial charge in [-0.25, -0.2) is 0 Å². The van der Waals surface area contributed by atoms with Crippen LogP contribution in [0.5, 0.6) is 0 Å². The fourth-order valence-electron chi connectivity index (χ4n) is 6.71. The van der Waals surface area contributed by atoms with Crippen LogP contribution in [0.4, 0.5) is 0 Å². The highest BCUT2D eigenvalue weighted by Crippen LogP contribution is 2.31. The third kappa shape index (κ3) is 4.56. The molecular weight excluding hydrogens is 544 g/mol. The van der Waals surface area contributed by atoms with Gasteiger partial charge in [-0.05, 0) is 41.5 Å². The lowest BCUT2D eigenvalue weighted by Crippen LogP contribution is -3.15. The number of piperazine rings is 1. The summed E-state index contributed by atoms with van der Waals surface area (Å²) in [4.78, 5) is 71.3. The van der Waals surface area contributed by atoms with Crippen LogP contribution in [0.15, 0.2) is 72.8 Å². The number of hydrogen-bond acceptors (Lipinski definition) is 5. The number of carbonyl (C=O) groups is 5. The van der Waals surface area contributed by atoms with Crippen LogP contribution in [0.3, 0.4) is 0 Å². The third-order valence-electron chi connectivity index (χ3n) is 9.00. The molecule has 1 fully saturated rings. The number of imide groups is 2. The molecule has 0 saturated carbocycles. The molecule has 43 heavy (non-hydrogen) atoms. The molecule has 3 heterocycles. The van der Waals surface area contributed by atoms with Crippen molar-refractivity contribution in [1.82, 2.24) is 14.7 Å². The first-order chi connectivity index (χ1) is 20.9. The minimum Gasteiger partial charge on any atom is -0.331 e. The van der Waals surface area contributed by atoms with Gasteiger partial charge in [-0.15, -0.1) is 0 Å². The van der Waals surface area contributed by atoms with E-state index in [9.17, 15) is 24.0 Å². The number of nitrogens with one attached hydrogen (secondary N) is 1. The first-order valence-electron chi connectivity index (χ1n) is 14.8. The van der Waals surface area contributed by atoms with Crippen molar-refractivity contribution in [1.29, 1.82) is 0 Å². The van der Waals surface area contributed by atoms with Gasteiger partial charge in [0.2, 0.25) is 5.91 Å². The molecule has 0 aliphatic carbocycles. The number of amides is 5. The summed E-state index contributed by atoms with van der Waals surface area (Å²) in [5, 5.41) is 3.18. The standard InChI is InChI=1S/C34H30N4O5/c39-28(14-5-15-37-31(40)24-10-1-6-22-7-2-11-25(29(22)24)32(37)41)36-19-16-35(17-20-36)18-21-38-33(42)26-12-3-8-23-9-4-13-27(30(23)26)34(38)43/h1-4,6-13H,5,14-21H2/p+1. The van der Waals surface area contributed by atoms with Gasteiger partial charge < -0.3 is 9.80 Å². The Labute approximate surface area is 248 Å². The second-order valence-electron chi connectivity index (χ2n) is 11.4. The van der Waals surface area contributed by atoms with Crippen LogP contribution < -0.4 is 4.90 Å². The number of nitrogens with zero attached hydrogens (tertiary/aromatic N) is 3. The lowest BCUT2D eigenvalue weighted by molar-refractivity contribution is -0.903. The first kappa shape index (κ1) is 27.0. The highest BCUT2D eigenvalue weighted by atomic mass is 16.2. The van der Waals surface area contributed by atoms with E-state index < -0.39 is 0 Å². The lowest BCUT2D eigenvalue weighted by Gasteiger charge is -2.34. The predicted octanol–water partition coefficient (Wildman–Crippen LogP) is 2.39. The van der Waals surface area contributed by atoms with Crippen molar-refractivity contribution >= 4 is 51.1 Å². The maximum atomic E-state index is 13.2. The summed E-state index contributed by atoms with van der Waals surface area (Å²) in [5.74, 6) is -1.14. The zero-order chi connectivity index (χ0) is 29.7. The molecule has 5 amide bonds. The van der Waals surface area contributed by atoms with Crippen LogP contribution in [0.25, 0.3) is 21.5 Å². The van der Waals surface area contributed by atoms with Gasteiger partial charge in [-0.1, -0.05) is 48.5 Å². The maximum Gasteiger partial charge on any atom is 0.261 e. The van der Waals surface area contributed by atoms with E-state index in [0.717, 1.165) is 29.2 Å². The van der Waals surface area contributed by atoms with Crippen LogP contribution in [0.1, 0.15) is 54.3 Å². The van der Waals surface area contributed by atoms with E-state index in [4.69, 9.17) is 0 Å². The smallest absolute Gasteiger partial charge is 0.261 e. The van der Waals surface area contributed by atoms with Crippen molar-refractivity contribution in [2.75, 3.05) is 45.8 Å². The van der Waals surface area contributed by atoms with Gasteiger partial charge in [0.25, 0.3) is 23.6 Å². The summed E-state index contributed by atoms with van der Waals surface area (Å²) in [6, 6.07) is 22.0. The molecule has 9 nitrogen and oxygen atoms in total. The van der Waals surface area contributed by atoms with E-state index in [1.165, 1.54) is 14.7 Å². The van der Waals surface area contributed by atoms with E-state index in [0.29, 0.717) is 60.2 Å². The molecule has 0 aromatic heterocycles. The Balaban J connectivity index is 0.905. The predicted molar refractivity (Wildman–Crippen MR) is 160 cm³/mol. The Bertz CT molecular complexity index is 1740. The maximum absolute atomic E-state index is 13.2. The Morgan fingerprint density at radius 2 is 1.02 bits per heavy atom. The molecule has 0 bridgehead atoms. The number of benzene rings is 4. The molecule has 7 rings (SSSR count). The molecule has 4 aromatic carbocycles. The molecule has 1 saturated heterocycles. The minimum atomic E-state index is -0.315. The van der Waals surface area contributed by atoms with Crippen molar-refractivity contribution in [3.8, 4) is 0 Å². The van der Waals surface area contributed by atoms with Crippen LogP contribution in [0, 0.1) is 0 Å². The van der Waals surface area contributed by atoms with Gasteiger partial charge in [-0.2, -0.15) is 0 Å². The Morgan fingerprint density at radius 3 is 1.47 bits per heavy atom. The molecule has 4 aromatic rings. The lowest BCUT2D eigenvalue weighted by atomic mass is 9.94. The SMILES string of the molecule is O=C(CCCN1C(=O)c2cccc3cccc(c23)C1=O)N1CC[NH+](CCN2C(=O)c3cccc4cccc(c34)C2=O)CC1. The summed E-state index contributed by atoms with van der Waals surface area (Å²) in [5.41, 5.74) is 2.17. The molecule has 0 spiro atoms. The average molecular weight is 576 g/mol. The number of rotatable bonds is 7. The van der Waals surface area contributed by atoms with Crippen molar-refractivity contribution in [3.63, 3.8) is 0 Å². The topological polar surface area (TPSA) is 99.5 Å². The van der Waals surface area contributed by atoms with Gasteiger partial charge in [-0.3, -0.25) is 33.8 Å². The van der Waals surface area contributed by atoms with Gasteiger partial charge in [0, 0.05) is 46.0 Å². The quantitative estimate of drug-likeness (QED) is 0.341. The van der Waals surface area contributed by atoms with Crippen molar-refractivity contribution in [3.05, 3.63) is 95.1 Å². The second kappa shape index (κ2) is 10.7. The Hall–Kier alpha value is -4.89. The van der Waals surface area contributed by atoms with Gasteiger partial charge >= 0.3 is 0 Å². The molecule has 9 heteroatoms. The number of quaternary nitrogens is 1. The zero-order valence-corrected chi connectivity index (χ0v) is 23.7. The molecule has 0 radical (unpaired) electrons. The fraction of sp³-hybridized carbons (Fsp3) is 0.265. The fourth-order valence-corrected chi connectivity index (χ4v) is 6.71. The molecule has 0 unspecified atom stereocenters. The van der Waals surface area contributed by atoms with Crippen molar-refractivity contribution in [2.24, 2.45) is 0 Å². The molecule has 1 N–H and O–H groups in total. The third-order valence-corrected chi connectivity index (χ3v) is 9.00. The number of hydrogen-bond donors (Lipinski definition) is 1. The summed E-state index contributed by atoms with van der Waals surface area (Å²) in [7, 11) is 0. The van der Waals surface area contributed by atoms with Crippen LogP contribution in [-0.4, -0.2) is 90.0 Å². The van der Waals surface area contributed by atoms with E-state index in [1.807, 2.05) is 53.4 Å². The van der Waals surface area contributed by atoms with Crippen molar-refractivity contribution in [2.45, 2.75) is 12.8 Å². The van der Waals surface area contributed by atoms with Gasteiger partial charge in [0.05, 0.1) is 39.3 Å². The molecular formula is C34H31N4O5+. The van der Waals surface area contributed by atoms with Gasteiger partial charge in [0.15, 0.2) is 0 Å². The Morgan fingerprint density at radius 1 is 0.605 bits per heavy atom. The first-order valence-corrected chi connectivity index (χ1v) is 14.8. The summed E-state index contributed by atoms with van der Waals surface area (Å²) in [6.07, 6.45) is 0.648. The minimum absolute atomic E-state index is 0.00421. The number of carbonyl (C=O) groups excluding carboxylic acids is 5. The second-order valence-corrected chi connectivity index (χ2v) is 11.4. The summed E-state index contributed by atoms with van der Waals surface area (Å²) < 4.78 is 0.